The summed E-state index contributed by atoms with van der Waals surface area (Å²) >= 11 is 3.38. The summed E-state index contributed by atoms with van der Waals surface area (Å²) in [5, 5.41) is 6.64. The normalized spacial score (nSPS) is 10.3. The number of methoxy groups -OCH3 is 1. The van der Waals surface area contributed by atoms with Gasteiger partial charge in [0.25, 0.3) is 5.91 Å². The lowest BCUT2D eigenvalue weighted by atomic mass is 10.1. The van der Waals surface area contributed by atoms with Crippen molar-refractivity contribution in [1.82, 2.24) is 5.16 Å². The summed E-state index contributed by atoms with van der Waals surface area (Å²) in [6.45, 7) is 0. The van der Waals surface area contributed by atoms with Gasteiger partial charge in [-0.05, 0) is 36.4 Å². The molecule has 1 N–H and O–H groups in total. The number of aromatic nitrogens is 1. The molecule has 3 aromatic rings. The minimum atomic E-state index is -0.272. The van der Waals surface area contributed by atoms with Crippen LogP contribution >= 0.6 is 15.9 Å². The van der Waals surface area contributed by atoms with E-state index < -0.39 is 0 Å². The molecule has 0 atom stereocenters. The number of benzene rings is 2. The first-order valence-corrected chi connectivity index (χ1v) is 7.63. The molecule has 0 aliphatic carbocycles. The number of carbonyl (C=O) groups excluding carboxylic acids is 1. The second-order valence-electron chi connectivity index (χ2n) is 4.77. The Labute approximate surface area is 141 Å². The Kier molecular flexibility index (Phi) is 4.43. The predicted molar refractivity (Wildman–Crippen MR) is 90.6 cm³/mol. The Hall–Kier alpha value is -2.60. The first-order valence-electron chi connectivity index (χ1n) is 6.84. The smallest absolute Gasteiger partial charge is 0.258 e. The van der Waals surface area contributed by atoms with E-state index in [4.69, 9.17) is 9.26 Å². The SMILES string of the molecule is COc1ccc(C(=O)Nc2cc(-c3ccc(Br)cc3)no2)cc1. The lowest BCUT2D eigenvalue weighted by molar-refractivity contribution is 0.102. The number of ether oxygens (including phenoxy) is 1. The Balaban J connectivity index is 1.73. The fourth-order valence-corrected chi connectivity index (χ4v) is 2.28. The van der Waals surface area contributed by atoms with Gasteiger partial charge in [-0.25, -0.2) is 0 Å². The molecule has 0 radical (unpaired) electrons. The van der Waals surface area contributed by atoms with Gasteiger partial charge >= 0.3 is 0 Å². The first-order chi connectivity index (χ1) is 11.2. The zero-order valence-corrected chi connectivity index (χ0v) is 13.8. The Morgan fingerprint density at radius 2 is 1.83 bits per heavy atom. The Morgan fingerprint density at radius 1 is 1.13 bits per heavy atom. The zero-order chi connectivity index (χ0) is 16.2. The number of nitrogens with one attached hydrogen (secondary N) is 1. The molecule has 1 heterocycles. The third-order valence-corrected chi connectivity index (χ3v) is 3.77. The van der Waals surface area contributed by atoms with Crippen molar-refractivity contribution in [3.05, 3.63) is 64.6 Å². The lowest BCUT2D eigenvalue weighted by Crippen LogP contribution is -2.11. The second-order valence-corrected chi connectivity index (χ2v) is 5.68. The summed E-state index contributed by atoms with van der Waals surface area (Å²) in [6.07, 6.45) is 0. The van der Waals surface area contributed by atoms with E-state index in [1.54, 1.807) is 37.4 Å². The van der Waals surface area contributed by atoms with Crippen LogP contribution in [0.25, 0.3) is 11.3 Å². The number of hydrogen-bond donors (Lipinski definition) is 1. The van der Waals surface area contributed by atoms with E-state index in [1.807, 2.05) is 24.3 Å². The van der Waals surface area contributed by atoms with Gasteiger partial charge < -0.3 is 9.26 Å². The van der Waals surface area contributed by atoms with Gasteiger partial charge in [-0.2, -0.15) is 0 Å². The fraction of sp³-hybridized carbons (Fsp3) is 0.0588. The van der Waals surface area contributed by atoms with Crippen LogP contribution in [0.2, 0.25) is 0 Å². The molecular weight excluding hydrogens is 360 g/mol. The summed E-state index contributed by atoms with van der Waals surface area (Å²) in [5.41, 5.74) is 2.07. The van der Waals surface area contributed by atoms with Crippen molar-refractivity contribution in [3.63, 3.8) is 0 Å². The molecule has 0 spiro atoms. The average Bonchev–Trinajstić information content (AvgIpc) is 3.04. The summed E-state index contributed by atoms with van der Waals surface area (Å²) in [6, 6.07) is 16.2. The number of anilines is 1. The molecule has 0 saturated heterocycles. The van der Waals surface area contributed by atoms with Gasteiger partial charge in [0.15, 0.2) is 0 Å². The lowest BCUT2D eigenvalue weighted by Gasteiger charge is -2.02. The van der Waals surface area contributed by atoms with Crippen LogP contribution in [0.15, 0.2) is 63.6 Å². The van der Waals surface area contributed by atoms with Crippen molar-refractivity contribution in [2.75, 3.05) is 12.4 Å². The monoisotopic (exact) mass is 372 g/mol. The van der Waals surface area contributed by atoms with Crippen molar-refractivity contribution in [1.29, 1.82) is 0 Å². The highest BCUT2D eigenvalue weighted by Gasteiger charge is 2.11. The topological polar surface area (TPSA) is 64.4 Å². The zero-order valence-electron chi connectivity index (χ0n) is 12.2. The van der Waals surface area contributed by atoms with Crippen LogP contribution < -0.4 is 10.1 Å². The Bertz CT molecular complexity index is 811. The van der Waals surface area contributed by atoms with Crippen molar-refractivity contribution < 1.29 is 14.1 Å². The second kappa shape index (κ2) is 6.66. The number of nitrogens with zero attached hydrogens (tertiary/aromatic N) is 1. The summed E-state index contributed by atoms with van der Waals surface area (Å²) in [7, 11) is 1.58. The largest absolute Gasteiger partial charge is 0.497 e. The molecular formula is C17H13BrN2O3. The van der Waals surface area contributed by atoms with E-state index in [0.717, 1.165) is 10.0 Å². The summed E-state index contributed by atoms with van der Waals surface area (Å²) < 4.78 is 11.2. The van der Waals surface area contributed by atoms with E-state index in [1.165, 1.54) is 0 Å². The molecule has 0 bridgehead atoms. The predicted octanol–water partition coefficient (Wildman–Crippen LogP) is 4.37. The minimum Gasteiger partial charge on any atom is -0.497 e. The number of carbonyl (C=O) groups is 1. The average molecular weight is 373 g/mol. The highest BCUT2D eigenvalue weighted by atomic mass is 79.9. The fourth-order valence-electron chi connectivity index (χ4n) is 2.02. The highest BCUT2D eigenvalue weighted by molar-refractivity contribution is 9.10. The molecule has 1 amide bonds. The summed E-state index contributed by atoms with van der Waals surface area (Å²) in [4.78, 5) is 12.2. The maximum absolute atomic E-state index is 12.2. The van der Waals surface area contributed by atoms with Crippen LogP contribution in [0.1, 0.15) is 10.4 Å². The quantitative estimate of drug-likeness (QED) is 0.738. The molecule has 0 aliphatic heterocycles. The number of hydrogen-bond acceptors (Lipinski definition) is 4. The standard InChI is InChI=1S/C17H13BrN2O3/c1-22-14-8-4-12(5-9-14)17(21)19-16-10-15(20-23-16)11-2-6-13(18)7-3-11/h2-10H,1H3,(H,19,21). The molecule has 23 heavy (non-hydrogen) atoms. The van der Waals surface area contributed by atoms with E-state index in [0.29, 0.717) is 22.9 Å². The van der Waals surface area contributed by atoms with E-state index in [-0.39, 0.29) is 5.91 Å². The molecule has 116 valence electrons. The van der Waals surface area contributed by atoms with Gasteiger partial charge in [-0.15, -0.1) is 0 Å². The van der Waals surface area contributed by atoms with Crippen LogP contribution in [0.4, 0.5) is 5.88 Å². The van der Waals surface area contributed by atoms with Gasteiger partial charge in [-0.3, -0.25) is 10.1 Å². The van der Waals surface area contributed by atoms with Gasteiger partial charge in [0.2, 0.25) is 5.88 Å². The molecule has 5 nitrogen and oxygen atoms in total. The Morgan fingerprint density at radius 3 is 2.48 bits per heavy atom. The molecule has 2 aromatic carbocycles. The van der Waals surface area contributed by atoms with E-state index >= 15 is 0 Å². The van der Waals surface area contributed by atoms with Crippen LogP contribution in [-0.4, -0.2) is 18.2 Å². The van der Waals surface area contributed by atoms with Gasteiger partial charge in [0.1, 0.15) is 11.4 Å². The maximum atomic E-state index is 12.2. The number of amides is 1. The maximum Gasteiger partial charge on any atom is 0.258 e. The highest BCUT2D eigenvalue weighted by Crippen LogP contribution is 2.24. The van der Waals surface area contributed by atoms with E-state index in [9.17, 15) is 4.79 Å². The van der Waals surface area contributed by atoms with Gasteiger partial charge in [0, 0.05) is 21.7 Å². The third kappa shape index (κ3) is 3.60. The van der Waals surface area contributed by atoms with E-state index in [2.05, 4.69) is 26.4 Å². The van der Waals surface area contributed by atoms with Crippen LogP contribution in [-0.2, 0) is 0 Å². The molecule has 1 aromatic heterocycles. The molecule has 0 unspecified atom stereocenters. The first kappa shape index (κ1) is 15.3. The van der Waals surface area contributed by atoms with Crippen molar-refractivity contribution >= 4 is 27.7 Å². The summed E-state index contributed by atoms with van der Waals surface area (Å²) in [5.74, 6) is 0.716. The van der Waals surface area contributed by atoms with Crippen LogP contribution in [0, 0.1) is 0 Å². The van der Waals surface area contributed by atoms with Crippen molar-refractivity contribution in [2.45, 2.75) is 0 Å². The van der Waals surface area contributed by atoms with Crippen molar-refractivity contribution in [2.24, 2.45) is 0 Å². The molecule has 6 heteroatoms. The number of halogens is 1. The van der Waals surface area contributed by atoms with Gasteiger partial charge in [-0.1, -0.05) is 33.2 Å². The number of rotatable bonds is 4. The molecule has 0 aliphatic rings. The van der Waals surface area contributed by atoms with Crippen molar-refractivity contribution in [3.8, 4) is 17.0 Å². The van der Waals surface area contributed by atoms with Gasteiger partial charge in [0.05, 0.1) is 7.11 Å². The molecule has 0 fully saturated rings. The molecule has 3 rings (SSSR count). The van der Waals surface area contributed by atoms with Crippen LogP contribution in [0.5, 0.6) is 5.75 Å². The molecule has 0 saturated carbocycles. The van der Waals surface area contributed by atoms with Crippen LogP contribution in [0.3, 0.4) is 0 Å². The minimum absolute atomic E-state index is 0.272. The third-order valence-electron chi connectivity index (χ3n) is 3.24.